The standard InChI is InChI=1S/C22H22N4O4/c1-4-15(24-17-11-7-6-10-16(17)23-14(3)27)19-20(28)25-22(30)26(21(19)29)18-12-8-5-9-13(18)2/h4-12,19,24H,1-3H3,(H,23,27)(H,25,28,30)/b15-4+/t19-/m0/s1. The molecule has 1 aliphatic heterocycles. The number of urea groups is 1. The van der Waals surface area contributed by atoms with E-state index in [0.717, 1.165) is 10.5 Å². The van der Waals surface area contributed by atoms with Crippen LogP contribution < -0.4 is 20.9 Å². The average molecular weight is 406 g/mol. The molecular formula is C22H22N4O4. The van der Waals surface area contributed by atoms with E-state index < -0.39 is 23.8 Å². The SMILES string of the molecule is C/C=C(/Nc1ccccc1NC(C)=O)[C@H]1C(=O)NC(=O)N(c2ccccc2C)C1=O. The number of amides is 5. The molecule has 0 aliphatic carbocycles. The number of allylic oxidation sites excluding steroid dienone is 1. The first-order valence-electron chi connectivity index (χ1n) is 9.37. The number of benzene rings is 2. The topological polar surface area (TPSA) is 108 Å². The minimum atomic E-state index is -1.25. The third-order valence-electron chi connectivity index (χ3n) is 4.66. The molecule has 2 aromatic rings. The Kier molecular flexibility index (Phi) is 5.96. The molecule has 0 aromatic heterocycles. The van der Waals surface area contributed by atoms with E-state index in [2.05, 4.69) is 16.0 Å². The zero-order valence-corrected chi connectivity index (χ0v) is 16.9. The molecule has 1 aliphatic rings. The zero-order chi connectivity index (χ0) is 21.8. The molecule has 8 nitrogen and oxygen atoms in total. The summed E-state index contributed by atoms with van der Waals surface area (Å²) in [6, 6.07) is 13.1. The van der Waals surface area contributed by atoms with Crippen LogP contribution in [0.25, 0.3) is 0 Å². The minimum Gasteiger partial charge on any atom is -0.356 e. The number of rotatable bonds is 5. The molecule has 30 heavy (non-hydrogen) atoms. The van der Waals surface area contributed by atoms with E-state index >= 15 is 0 Å². The lowest BCUT2D eigenvalue weighted by Gasteiger charge is -2.32. The van der Waals surface area contributed by atoms with Gasteiger partial charge in [-0.25, -0.2) is 9.69 Å². The molecule has 5 amide bonds. The van der Waals surface area contributed by atoms with Gasteiger partial charge in [0.2, 0.25) is 11.8 Å². The predicted octanol–water partition coefficient (Wildman–Crippen LogP) is 3.17. The highest BCUT2D eigenvalue weighted by Crippen LogP contribution is 2.30. The third-order valence-corrected chi connectivity index (χ3v) is 4.66. The Morgan fingerprint density at radius 1 is 1.00 bits per heavy atom. The van der Waals surface area contributed by atoms with Crippen molar-refractivity contribution in [3.05, 3.63) is 65.9 Å². The van der Waals surface area contributed by atoms with Crippen LogP contribution in [-0.4, -0.2) is 23.8 Å². The summed E-state index contributed by atoms with van der Waals surface area (Å²) in [5.41, 5.74) is 2.44. The Morgan fingerprint density at radius 3 is 2.20 bits per heavy atom. The summed E-state index contributed by atoms with van der Waals surface area (Å²) in [6.45, 7) is 4.84. The van der Waals surface area contributed by atoms with Crippen LogP contribution in [0.2, 0.25) is 0 Å². The highest BCUT2D eigenvalue weighted by Gasteiger charge is 2.43. The second-order valence-corrected chi connectivity index (χ2v) is 6.78. The van der Waals surface area contributed by atoms with Gasteiger partial charge < -0.3 is 10.6 Å². The third kappa shape index (κ3) is 4.07. The Bertz CT molecular complexity index is 1060. The summed E-state index contributed by atoms with van der Waals surface area (Å²) in [5, 5.41) is 8.02. The first-order chi connectivity index (χ1) is 14.3. The van der Waals surface area contributed by atoms with Gasteiger partial charge in [-0.1, -0.05) is 36.4 Å². The molecule has 1 atom stereocenters. The number of aryl methyl sites for hydroxylation is 1. The summed E-state index contributed by atoms with van der Waals surface area (Å²) in [7, 11) is 0. The van der Waals surface area contributed by atoms with E-state index in [4.69, 9.17) is 0 Å². The molecule has 0 saturated carbocycles. The fraction of sp³-hybridized carbons (Fsp3) is 0.182. The van der Waals surface area contributed by atoms with E-state index in [1.807, 2.05) is 0 Å². The second kappa shape index (κ2) is 8.60. The molecule has 3 N–H and O–H groups in total. The first kappa shape index (κ1) is 20.8. The highest BCUT2D eigenvalue weighted by atomic mass is 16.2. The Morgan fingerprint density at radius 2 is 1.60 bits per heavy atom. The van der Waals surface area contributed by atoms with Gasteiger partial charge in [0.15, 0.2) is 5.92 Å². The quantitative estimate of drug-likeness (QED) is 0.661. The van der Waals surface area contributed by atoms with Gasteiger partial charge in [-0.3, -0.25) is 19.7 Å². The van der Waals surface area contributed by atoms with Crippen molar-refractivity contribution in [1.82, 2.24) is 5.32 Å². The van der Waals surface area contributed by atoms with Gasteiger partial charge in [-0.05, 0) is 37.6 Å². The van der Waals surface area contributed by atoms with Crippen LogP contribution in [0.4, 0.5) is 21.9 Å². The number of nitrogens with one attached hydrogen (secondary N) is 3. The molecule has 154 valence electrons. The number of para-hydroxylation sites is 3. The van der Waals surface area contributed by atoms with Crippen molar-refractivity contribution in [2.75, 3.05) is 15.5 Å². The maximum Gasteiger partial charge on any atom is 0.335 e. The van der Waals surface area contributed by atoms with Crippen molar-refractivity contribution in [3.8, 4) is 0 Å². The van der Waals surface area contributed by atoms with Gasteiger partial charge in [0, 0.05) is 12.6 Å². The van der Waals surface area contributed by atoms with Gasteiger partial charge in [-0.2, -0.15) is 0 Å². The molecule has 0 bridgehead atoms. The van der Waals surface area contributed by atoms with Crippen molar-refractivity contribution in [2.24, 2.45) is 5.92 Å². The van der Waals surface area contributed by atoms with Crippen LogP contribution >= 0.6 is 0 Å². The molecule has 2 aromatic carbocycles. The number of imide groups is 2. The van der Waals surface area contributed by atoms with Crippen LogP contribution in [0.1, 0.15) is 19.4 Å². The van der Waals surface area contributed by atoms with Gasteiger partial charge in [0.05, 0.1) is 17.1 Å². The largest absolute Gasteiger partial charge is 0.356 e. The van der Waals surface area contributed by atoms with Crippen molar-refractivity contribution in [1.29, 1.82) is 0 Å². The molecule has 0 radical (unpaired) electrons. The van der Waals surface area contributed by atoms with Gasteiger partial charge in [0.1, 0.15) is 0 Å². The van der Waals surface area contributed by atoms with E-state index in [9.17, 15) is 19.2 Å². The number of nitrogens with zero attached hydrogens (tertiary/aromatic N) is 1. The maximum atomic E-state index is 13.2. The molecule has 0 spiro atoms. The smallest absolute Gasteiger partial charge is 0.335 e. The molecular weight excluding hydrogens is 384 g/mol. The van der Waals surface area contributed by atoms with Gasteiger partial charge >= 0.3 is 6.03 Å². The lowest BCUT2D eigenvalue weighted by molar-refractivity contribution is -0.132. The Hall–Kier alpha value is -3.94. The summed E-state index contributed by atoms with van der Waals surface area (Å²) in [6.07, 6.45) is 1.60. The van der Waals surface area contributed by atoms with E-state index in [-0.39, 0.29) is 5.91 Å². The molecule has 8 heteroatoms. The summed E-state index contributed by atoms with van der Waals surface area (Å²) in [4.78, 5) is 50.7. The second-order valence-electron chi connectivity index (χ2n) is 6.78. The Labute approximate surface area is 173 Å². The van der Waals surface area contributed by atoms with Crippen molar-refractivity contribution in [2.45, 2.75) is 20.8 Å². The average Bonchev–Trinajstić information content (AvgIpc) is 2.69. The minimum absolute atomic E-state index is 0.255. The fourth-order valence-corrected chi connectivity index (χ4v) is 3.25. The van der Waals surface area contributed by atoms with E-state index in [1.165, 1.54) is 6.92 Å². The van der Waals surface area contributed by atoms with Crippen LogP contribution in [0.15, 0.2) is 60.3 Å². The molecule has 0 unspecified atom stereocenters. The zero-order valence-electron chi connectivity index (χ0n) is 16.9. The van der Waals surface area contributed by atoms with Crippen LogP contribution in [-0.2, 0) is 14.4 Å². The van der Waals surface area contributed by atoms with Crippen molar-refractivity contribution >= 4 is 40.8 Å². The summed E-state index contributed by atoms with van der Waals surface area (Å²) in [5.74, 6) is -2.88. The monoisotopic (exact) mass is 406 g/mol. The Balaban J connectivity index is 1.96. The number of carbonyl (C=O) groups excluding carboxylic acids is 4. The normalized spacial score (nSPS) is 16.9. The van der Waals surface area contributed by atoms with Gasteiger partial charge in [-0.15, -0.1) is 0 Å². The van der Waals surface area contributed by atoms with Crippen LogP contribution in [0, 0.1) is 12.8 Å². The predicted molar refractivity (Wildman–Crippen MR) is 114 cm³/mol. The molecule has 1 heterocycles. The number of anilines is 3. The van der Waals surface area contributed by atoms with Crippen LogP contribution in [0.3, 0.4) is 0 Å². The number of hydrogen-bond acceptors (Lipinski definition) is 5. The van der Waals surface area contributed by atoms with Gasteiger partial charge in [0.25, 0.3) is 5.91 Å². The lowest BCUT2D eigenvalue weighted by Crippen LogP contribution is -2.59. The molecule has 3 rings (SSSR count). The van der Waals surface area contributed by atoms with E-state index in [0.29, 0.717) is 22.8 Å². The summed E-state index contributed by atoms with van der Waals surface area (Å²) < 4.78 is 0. The molecule has 1 fully saturated rings. The number of hydrogen-bond donors (Lipinski definition) is 3. The highest BCUT2D eigenvalue weighted by molar-refractivity contribution is 6.29. The molecule has 1 saturated heterocycles. The van der Waals surface area contributed by atoms with Crippen molar-refractivity contribution < 1.29 is 19.2 Å². The number of carbonyl (C=O) groups is 4. The van der Waals surface area contributed by atoms with E-state index in [1.54, 1.807) is 68.5 Å². The summed E-state index contributed by atoms with van der Waals surface area (Å²) >= 11 is 0. The van der Waals surface area contributed by atoms with Crippen LogP contribution in [0.5, 0.6) is 0 Å². The first-order valence-corrected chi connectivity index (χ1v) is 9.37. The fourth-order valence-electron chi connectivity index (χ4n) is 3.25. The lowest BCUT2D eigenvalue weighted by atomic mass is 9.98. The van der Waals surface area contributed by atoms with Crippen molar-refractivity contribution in [3.63, 3.8) is 0 Å². The number of barbiturate groups is 1. The maximum absolute atomic E-state index is 13.2.